The van der Waals surface area contributed by atoms with E-state index in [1.54, 1.807) is 52.0 Å². The largest absolute Gasteiger partial charge is 0.106 e. The van der Waals surface area contributed by atoms with Gasteiger partial charge in [-0.3, -0.25) is 0 Å². The average Bonchev–Trinajstić information content (AvgIpc) is 3.27. The van der Waals surface area contributed by atoms with E-state index in [9.17, 15) is 0 Å². The van der Waals surface area contributed by atoms with Gasteiger partial charge in [-0.2, -0.15) is 0 Å². The Labute approximate surface area is 361 Å². The summed E-state index contributed by atoms with van der Waals surface area (Å²) in [6.07, 6.45) is 20.7. The summed E-state index contributed by atoms with van der Waals surface area (Å²) in [5, 5.41) is 0. The van der Waals surface area contributed by atoms with Crippen LogP contribution in [0.3, 0.4) is 0 Å². The van der Waals surface area contributed by atoms with Crippen molar-refractivity contribution in [2.75, 3.05) is 0 Å². The Bertz CT molecular complexity index is 3180. The molecular formula is C60H32. The highest BCUT2D eigenvalue weighted by Gasteiger charge is 2.07. The molecule has 0 saturated heterocycles. The van der Waals surface area contributed by atoms with Crippen molar-refractivity contribution in [1.29, 1.82) is 0 Å². The van der Waals surface area contributed by atoms with Gasteiger partial charge in [-0.15, -0.1) is 25.7 Å². The predicted molar refractivity (Wildman–Crippen MR) is 251 cm³/mol. The first-order valence-electron chi connectivity index (χ1n) is 17.5. The molecule has 0 heterocycles. The van der Waals surface area contributed by atoms with Gasteiger partial charge in [0.05, 0.1) is 11.1 Å². The molecule has 0 aliphatic heterocycles. The molecule has 272 valence electrons. The molecule has 0 heteroatoms. The molecule has 0 N–H and O–H groups in total. The number of hydrogen-bond donors (Lipinski definition) is 0. The third-order valence-electron chi connectivity index (χ3n) is 5.39. The van der Waals surface area contributed by atoms with Gasteiger partial charge in [-0.1, -0.05) is 98.7 Å². The SMILES string of the molecule is C#CC#CC#Cc1c(C#CC#CC)cc(C#CC#C)cc1C#CC#CC#CC.C#CC#CC#Cc1cc(C#CC#CC)cc(C#CC#C)c1C#CC#CC#CC.CC.CC. The van der Waals surface area contributed by atoms with Crippen molar-refractivity contribution in [2.24, 2.45) is 0 Å². The van der Waals surface area contributed by atoms with Gasteiger partial charge in [-0.05, 0) is 194 Å². The highest BCUT2D eigenvalue weighted by atomic mass is 14.1. The molecule has 2 aromatic rings. The molecule has 0 nitrogen and oxygen atoms in total. The first-order valence-corrected chi connectivity index (χ1v) is 17.5. The Kier molecular flexibility index (Phi) is 33.1. The van der Waals surface area contributed by atoms with Crippen LogP contribution in [-0.2, 0) is 0 Å². The number of terminal acetylenes is 4. The molecule has 0 fully saturated rings. The van der Waals surface area contributed by atoms with Gasteiger partial charge in [0.25, 0.3) is 0 Å². The summed E-state index contributed by atoms with van der Waals surface area (Å²) in [4.78, 5) is 0. The summed E-state index contributed by atoms with van der Waals surface area (Å²) in [7, 11) is 0. The van der Waals surface area contributed by atoms with E-state index < -0.39 is 0 Å². The third kappa shape index (κ3) is 24.1. The summed E-state index contributed by atoms with van der Waals surface area (Å²) < 4.78 is 0. The van der Waals surface area contributed by atoms with E-state index in [0.29, 0.717) is 44.5 Å². The number of rotatable bonds is 0. The van der Waals surface area contributed by atoms with Gasteiger partial charge in [-0.25, -0.2) is 0 Å². The molecule has 0 bridgehead atoms. The van der Waals surface area contributed by atoms with Crippen LogP contribution in [0, 0.1) is 239 Å². The van der Waals surface area contributed by atoms with Gasteiger partial charge >= 0.3 is 0 Å². The zero-order valence-corrected chi connectivity index (χ0v) is 34.6. The van der Waals surface area contributed by atoms with Crippen LogP contribution in [0.5, 0.6) is 0 Å². The van der Waals surface area contributed by atoms with Crippen LogP contribution in [0.2, 0.25) is 0 Å². The second-order valence-electron chi connectivity index (χ2n) is 8.97. The summed E-state index contributed by atoms with van der Waals surface area (Å²) in [6.45, 7) is 14.8. The second-order valence-corrected chi connectivity index (χ2v) is 8.97. The Morgan fingerprint density at radius 3 is 0.850 bits per heavy atom. The quantitative estimate of drug-likeness (QED) is 0.258. The smallest absolute Gasteiger partial charge is 0.0570 e. The molecule has 0 atom stereocenters. The summed E-state index contributed by atoms with van der Waals surface area (Å²) >= 11 is 0. The van der Waals surface area contributed by atoms with Crippen LogP contribution in [0.4, 0.5) is 0 Å². The van der Waals surface area contributed by atoms with Crippen molar-refractivity contribution in [3.63, 3.8) is 0 Å². The standard InChI is InChI=1S/2C28H10.2C2H6/c1-5-9-13-15-17-21-27-24-25(19-12-8-4)23-26(20-16-11-7-3)28(27)22-18-14-10-6-2;1-5-9-13-15-18-22-28-26(20-12-8-4)23-25(19-16-11-7-3)24-27(28)21-17-14-10-6-2;2*1-2/h2*2,4,23-24H,1,3H3;2*1-2H3. The minimum Gasteiger partial charge on any atom is -0.106 e. The predicted octanol–water partition coefficient (Wildman–Crippen LogP) is 6.88. The fourth-order valence-electron chi connectivity index (χ4n) is 3.40. The highest BCUT2D eigenvalue weighted by Crippen LogP contribution is 2.17. The molecule has 2 rings (SSSR count). The molecule has 0 aromatic heterocycles. The summed E-state index contributed by atoms with van der Waals surface area (Å²) in [6, 6.07) is 7.09. The maximum Gasteiger partial charge on any atom is 0.0570 e. The minimum atomic E-state index is 0.573. The Morgan fingerprint density at radius 2 is 0.500 bits per heavy atom. The number of hydrogen-bond acceptors (Lipinski definition) is 0. The average molecular weight is 753 g/mol. The van der Waals surface area contributed by atoms with E-state index in [1.807, 2.05) is 27.7 Å². The summed E-state index contributed by atoms with van der Waals surface area (Å²) in [5.41, 5.74) is 4.84. The monoisotopic (exact) mass is 752 g/mol. The van der Waals surface area contributed by atoms with Gasteiger partial charge in [0.15, 0.2) is 0 Å². The van der Waals surface area contributed by atoms with E-state index >= 15 is 0 Å². The molecule has 0 aliphatic rings. The molecule has 0 radical (unpaired) electrons. The molecule has 0 unspecified atom stereocenters. The first kappa shape index (κ1) is 51.7. The van der Waals surface area contributed by atoms with Crippen LogP contribution >= 0.6 is 0 Å². The molecule has 2 aromatic carbocycles. The van der Waals surface area contributed by atoms with E-state index in [-0.39, 0.29) is 0 Å². The van der Waals surface area contributed by atoms with Crippen molar-refractivity contribution in [1.82, 2.24) is 0 Å². The van der Waals surface area contributed by atoms with Crippen molar-refractivity contribution < 1.29 is 0 Å². The molecule has 0 saturated carbocycles. The van der Waals surface area contributed by atoms with Crippen LogP contribution in [0.25, 0.3) is 0 Å². The Hall–Kier alpha value is -10.4. The highest BCUT2D eigenvalue weighted by molar-refractivity contribution is 5.67. The van der Waals surface area contributed by atoms with E-state index in [2.05, 4.69) is 213 Å². The van der Waals surface area contributed by atoms with Crippen molar-refractivity contribution in [3.05, 3.63) is 68.8 Å². The summed E-state index contributed by atoms with van der Waals surface area (Å²) in [5.74, 6) is 95.9. The van der Waals surface area contributed by atoms with E-state index in [1.165, 1.54) is 0 Å². The minimum absolute atomic E-state index is 0.573. The Morgan fingerprint density at radius 1 is 0.267 bits per heavy atom. The molecule has 0 aliphatic carbocycles. The lowest BCUT2D eigenvalue weighted by Gasteiger charge is -2.02. The molecule has 0 spiro atoms. The second kappa shape index (κ2) is 38.4. The fourth-order valence-corrected chi connectivity index (χ4v) is 3.40. The van der Waals surface area contributed by atoms with Crippen LogP contribution in [-0.4, -0.2) is 0 Å². The zero-order valence-electron chi connectivity index (χ0n) is 34.6. The lowest BCUT2D eigenvalue weighted by Crippen LogP contribution is -1.93. The van der Waals surface area contributed by atoms with Crippen molar-refractivity contribution >= 4 is 0 Å². The first-order chi connectivity index (χ1) is 29.5. The lowest BCUT2D eigenvalue weighted by molar-refractivity contribution is 1.50. The topological polar surface area (TPSA) is 0 Å². The maximum atomic E-state index is 5.26. The molecule has 0 amide bonds. The van der Waals surface area contributed by atoms with Gasteiger partial charge in [0.2, 0.25) is 0 Å². The van der Waals surface area contributed by atoms with Crippen LogP contribution in [0.1, 0.15) is 99.9 Å². The lowest BCUT2D eigenvalue weighted by atomic mass is 9.98. The Balaban J connectivity index is 0. The van der Waals surface area contributed by atoms with Crippen molar-refractivity contribution in [3.8, 4) is 239 Å². The molecule has 60 heavy (non-hydrogen) atoms. The normalized spacial score (nSPS) is 5.80. The molecular weight excluding hydrogens is 721 g/mol. The maximum absolute atomic E-state index is 5.26. The van der Waals surface area contributed by atoms with Crippen molar-refractivity contribution in [2.45, 2.75) is 55.4 Å². The van der Waals surface area contributed by atoms with Gasteiger partial charge < -0.3 is 0 Å². The van der Waals surface area contributed by atoms with Gasteiger partial charge in [0.1, 0.15) is 0 Å². The fraction of sp³-hybridized carbons (Fsp3) is 0.133. The zero-order chi connectivity index (χ0) is 44.9. The van der Waals surface area contributed by atoms with Crippen LogP contribution < -0.4 is 0 Å². The van der Waals surface area contributed by atoms with E-state index in [4.69, 9.17) is 25.7 Å². The number of benzene rings is 2. The van der Waals surface area contributed by atoms with Crippen LogP contribution in [0.15, 0.2) is 24.3 Å². The third-order valence-corrected chi connectivity index (χ3v) is 5.39. The van der Waals surface area contributed by atoms with E-state index in [0.717, 1.165) is 0 Å². The van der Waals surface area contributed by atoms with Gasteiger partial charge in [0, 0.05) is 33.4 Å².